The molecule has 2 rings (SSSR count). The van der Waals surface area contributed by atoms with Gasteiger partial charge in [0.25, 0.3) is 0 Å². The van der Waals surface area contributed by atoms with Crippen LogP contribution in [0.1, 0.15) is 5.82 Å². The van der Waals surface area contributed by atoms with Crippen molar-refractivity contribution in [2.24, 2.45) is 0 Å². The Bertz CT molecular complexity index is 651. The fraction of sp³-hybridized carbons (Fsp3) is 0.300. The summed E-state index contributed by atoms with van der Waals surface area (Å²) in [6.45, 7) is 0.246. The van der Waals surface area contributed by atoms with Crippen LogP contribution in [-0.4, -0.2) is 35.4 Å². The molecule has 0 aliphatic heterocycles. The highest BCUT2D eigenvalue weighted by Gasteiger charge is 2.15. The number of rotatable bonds is 3. The van der Waals surface area contributed by atoms with Crippen LogP contribution in [0, 0.1) is 0 Å². The van der Waals surface area contributed by atoms with Gasteiger partial charge in [-0.05, 0) is 28.1 Å². The van der Waals surface area contributed by atoms with E-state index in [1.807, 2.05) is 28.8 Å². The van der Waals surface area contributed by atoms with Gasteiger partial charge in [-0.1, -0.05) is 6.07 Å². The molecule has 0 aliphatic carbocycles. The molecule has 0 aromatic carbocycles. The molecule has 0 aliphatic rings. The molecule has 0 saturated carbocycles. The number of fused-ring (bicyclic) bond motifs is 1. The van der Waals surface area contributed by atoms with Crippen molar-refractivity contribution < 1.29 is 8.42 Å². The van der Waals surface area contributed by atoms with Gasteiger partial charge >= 0.3 is 0 Å². The van der Waals surface area contributed by atoms with E-state index in [1.54, 1.807) is 0 Å². The maximum absolute atomic E-state index is 11.4. The van der Waals surface area contributed by atoms with Crippen LogP contribution < -0.4 is 0 Å². The fourth-order valence-electron chi connectivity index (χ4n) is 1.49. The van der Waals surface area contributed by atoms with Crippen molar-refractivity contribution >= 4 is 31.5 Å². The second kappa shape index (κ2) is 4.40. The van der Waals surface area contributed by atoms with Crippen molar-refractivity contribution in [1.82, 2.24) is 13.7 Å². The number of aromatic nitrogens is 2. The monoisotopic (exact) mass is 317 g/mol. The molecule has 2 aromatic heterocycles. The van der Waals surface area contributed by atoms with Crippen LogP contribution in [0.3, 0.4) is 0 Å². The minimum absolute atomic E-state index is 0.246. The third kappa shape index (κ3) is 2.51. The second-order valence-electron chi connectivity index (χ2n) is 3.79. The predicted octanol–water partition coefficient (Wildman–Crippen LogP) is 1.49. The molecule has 7 heteroatoms. The summed E-state index contributed by atoms with van der Waals surface area (Å²) in [6.07, 6.45) is 3.04. The Morgan fingerprint density at radius 2 is 2.18 bits per heavy atom. The minimum atomic E-state index is -3.20. The number of hydrogen-bond acceptors (Lipinski definition) is 3. The Morgan fingerprint density at radius 3 is 2.82 bits per heavy atom. The van der Waals surface area contributed by atoms with Crippen molar-refractivity contribution in [1.29, 1.82) is 0 Å². The third-order valence-corrected chi connectivity index (χ3v) is 4.35. The molecule has 92 valence electrons. The molecule has 2 aromatic rings. The van der Waals surface area contributed by atoms with E-state index in [0.29, 0.717) is 5.82 Å². The molecular weight excluding hydrogens is 306 g/mol. The SMILES string of the molecule is CN(Cc1nc(Br)c2ccccn12)S(C)(=O)=O. The fourth-order valence-corrected chi connectivity index (χ4v) is 2.37. The van der Waals surface area contributed by atoms with Gasteiger partial charge in [-0.2, -0.15) is 4.31 Å². The van der Waals surface area contributed by atoms with E-state index in [-0.39, 0.29) is 6.54 Å². The van der Waals surface area contributed by atoms with Crippen molar-refractivity contribution in [2.45, 2.75) is 6.54 Å². The lowest BCUT2D eigenvalue weighted by Crippen LogP contribution is -2.25. The summed E-state index contributed by atoms with van der Waals surface area (Å²) in [5.41, 5.74) is 0.921. The van der Waals surface area contributed by atoms with Crippen LogP contribution in [0.4, 0.5) is 0 Å². The molecule has 0 amide bonds. The summed E-state index contributed by atoms with van der Waals surface area (Å²) < 4.78 is 26.6. The van der Waals surface area contributed by atoms with Crippen molar-refractivity contribution in [3.8, 4) is 0 Å². The summed E-state index contributed by atoms with van der Waals surface area (Å²) in [6, 6.07) is 5.71. The van der Waals surface area contributed by atoms with E-state index in [0.717, 1.165) is 10.1 Å². The summed E-state index contributed by atoms with van der Waals surface area (Å²) >= 11 is 3.36. The van der Waals surface area contributed by atoms with Crippen LogP contribution in [0.25, 0.3) is 5.52 Å². The van der Waals surface area contributed by atoms with Crippen LogP contribution in [0.2, 0.25) is 0 Å². The second-order valence-corrected chi connectivity index (χ2v) is 6.63. The molecule has 0 atom stereocenters. The lowest BCUT2D eigenvalue weighted by molar-refractivity contribution is 0.461. The molecule has 0 spiro atoms. The highest BCUT2D eigenvalue weighted by Crippen LogP contribution is 2.19. The van der Waals surface area contributed by atoms with Gasteiger partial charge in [0.1, 0.15) is 10.4 Å². The Labute approximate surface area is 108 Å². The maximum Gasteiger partial charge on any atom is 0.211 e. The largest absolute Gasteiger partial charge is 0.301 e. The first kappa shape index (κ1) is 12.5. The Hall–Kier alpha value is -0.920. The first-order chi connectivity index (χ1) is 7.89. The molecule has 0 fully saturated rings. The number of halogens is 1. The smallest absolute Gasteiger partial charge is 0.211 e. The first-order valence-corrected chi connectivity index (χ1v) is 7.56. The first-order valence-electron chi connectivity index (χ1n) is 4.92. The van der Waals surface area contributed by atoms with E-state index in [4.69, 9.17) is 0 Å². The Kier molecular flexibility index (Phi) is 3.24. The third-order valence-electron chi connectivity index (χ3n) is 2.51. The van der Waals surface area contributed by atoms with Gasteiger partial charge in [0.2, 0.25) is 10.0 Å². The van der Waals surface area contributed by atoms with Gasteiger partial charge in [-0.3, -0.25) is 0 Å². The number of sulfonamides is 1. The Morgan fingerprint density at radius 1 is 1.47 bits per heavy atom. The molecular formula is C10H12BrN3O2S. The lowest BCUT2D eigenvalue weighted by atomic mass is 10.4. The zero-order chi connectivity index (χ0) is 12.6. The van der Waals surface area contributed by atoms with Gasteiger partial charge in [0.05, 0.1) is 18.3 Å². The number of imidazole rings is 1. The topological polar surface area (TPSA) is 54.7 Å². The van der Waals surface area contributed by atoms with E-state index < -0.39 is 10.0 Å². The van der Waals surface area contributed by atoms with Crippen molar-refractivity contribution in [3.05, 3.63) is 34.8 Å². The van der Waals surface area contributed by atoms with Gasteiger partial charge in [-0.25, -0.2) is 13.4 Å². The molecule has 5 nitrogen and oxygen atoms in total. The Balaban J connectivity index is 2.44. The minimum Gasteiger partial charge on any atom is -0.301 e. The van der Waals surface area contributed by atoms with Gasteiger partial charge in [0, 0.05) is 13.2 Å². The van der Waals surface area contributed by atoms with Gasteiger partial charge < -0.3 is 4.40 Å². The normalized spacial score (nSPS) is 12.5. The highest BCUT2D eigenvalue weighted by molar-refractivity contribution is 9.10. The zero-order valence-electron chi connectivity index (χ0n) is 9.46. The summed E-state index contributed by atoms with van der Waals surface area (Å²) in [4.78, 5) is 4.32. The summed E-state index contributed by atoms with van der Waals surface area (Å²) in [5.74, 6) is 0.681. The quantitative estimate of drug-likeness (QED) is 0.861. The molecule has 0 N–H and O–H groups in total. The van der Waals surface area contributed by atoms with E-state index in [9.17, 15) is 8.42 Å². The number of pyridine rings is 1. The average Bonchev–Trinajstić information content (AvgIpc) is 2.56. The molecule has 0 saturated heterocycles. The van der Waals surface area contributed by atoms with Crippen LogP contribution in [0.5, 0.6) is 0 Å². The van der Waals surface area contributed by atoms with E-state index in [2.05, 4.69) is 20.9 Å². The highest BCUT2D eigenvalue weighted by atomic mass is 79.9. The number of hydrogen-bond donors (Lipinski definition) is 0. The number of nitrogens with zero attached hydrogens (tertiary/aromatic N) is 3. The lowest BCUT2D eigenvalue weighted by Gasteiger charge is -2.12. The molecule has 17 heavy (non-hydrogen) atoms. The summed E-state index contributed by atoms with van der Waals surface area (Å²) in [7, 11) is -1.66. The van der Waals surface area contributed by atoms with Crippen molar-refractivity contribution in [3.63, 3.8) is 0 Å². The van der Waals surface area contributed by atoms with Crippen LogP contribution in [0.15, 0.2) is 29.0 Å². The zero-order valence-corrected chi connectivity index (χ0v) is 11.9. The molecule has 0 unspecified atom stereocenters. The maximum atomic E-state index is 11.4. The molecule has 0 bridgehead atoms. The van der Waals surface area contributed by atoms with Crippen LogP contribution in [-0.2, 0) is 16.6 Å². The van der Waals surface area contributed by atoms with Gasteiger partial charge in [-0.15, -0.1) is 0 Å². The molecule has 2 heterocycles. The predicted molar refractivity (Wildman–Crippen MR) is 69.2 cm³/mol. The van der Waals surface area contributed by atoms with Crippen LogP contribution >= 0.6 is 15.9 Å². The average molecular weight is 318 g/mol. The van der Waals surface area contributed by atoms with Crippen molar-refractivity contribution in [2.75, 3.05) is 13.3 Å². The van der Waals surface area contributed by atoms with E-state index in [1.165, 1.54) is 17.6 Å². The van der Waals surface area contributed by atoms with Gasteiger partial charge in [0.15, 0.2) is 0 Å². The van der Waals surface area contributed by atoms with E-state index >= 15 is 0 Å². The molecule has 0 radical (unpaired) electrons. The summed E-state index contributed by atoms with van der Waals surface area (Å²) in [5, 5.41) is 0. The standard InChI is InChI=1S/C10H12BrN3O2S/c1-13(17(2,15)16)7-9-12-10(11)8-5-3-4-6-14(8)9/h3-6H,7H2,1-2H3.